The number of anilines is 1. The number of halogens is 1. The van der Waals surface area contributed by atoms with E-state index in [9.17, 15) is 9.59 Å². The number of aromatic nitrogens is 2. The van der Waals surface area contributed by atoms with Gasteiger partial charge in [0.2, 0.25) is 5.91 Å². The highest BCUT2D eigenvalue weighted by Gasteiger charge is 2.32. The summed E-state index contributed by atoms with van der Waals surface area (Å²) in [6.07, 6.45) is 6.68. The number of benzene rings is 1. The quantitative estimate of drug-likeness (QED) is 0.762. The zero-order chi connectivity index (χ0) is 20.9. The highest BCUT2D eigenvalue weighted by molar-refractivity contribution is 6.30. The Labute approximate surface area is 180 Å². The van der Waals surface area contributed by atoms with Crippen LogP contribution in [0.1, 0.15) is 25.7 Å². The first-order valence-corrected chi connectivity index (χ1v) is 10.5. The molecular weight excluding hydrogens is 406 g/mol. The van der Waals surface area contributed by atoms with E-state index in [0.717, 1.165) is 31.4 Å². The Bertz CT molecular complexity index is 889. The van der Waals surface area contributed by atoms with Crippen LogP contribution in [0.2, 0.25) is 5.02 Å². The van der Waals surface area contributed by atoms with Crippen molar-refractivity contribution < 1.29 is 14.3 Å². The van der Waals surface area contributed by atoms with Crippen LogP contribution in [0, 0.1) is 0 Å². The smallest absolute Gasteiger partial charge is 0.325 e. The molecule has 3 amide bonds. The van der Waals surface area contributed by atoms with E-state index < -0.39 is 0 Å². The molecule has 0 spiro atoms. The second-order valence-electron chi connectivity index (χ2n) is 7.53. The van der Waals surface area contributed by atoms with E-state index in [1.54, 1.807) is 40.4 Å². The van der Waals surface area contributed by atoms with Gasteiger partial charge in [-0.3, -0.25) is 9.69 Å². The third-order valence-electron chi connectivity index (χ3n) is 5.40. The lowest BCUT2D eigenvalue weighted by Crippen LogP contribution is -2.45. The highest BCUT2D eigenvalue weighted by atomic mass is 35.5. The van der Waals surface area contributed by atoms with Crippen LogP contribution in [0.3, 0.4) is 0 Å². The fourth-order valence-electron chi connectivity index (χ4n) is 3.88. The van der Waals surface area contributed by atoms with Gasteiger partial charge in [0.1, 0.15) is 12.6 Å². The lowest BCUT2D eigenvalue weighted by molar-refractivity contribution is -0.122. The zero-order valence-corrected chi connectivity index (χ0v) is 17.3. The molecule has 1 aromatic heterocycles. The van der Waals surface area contributed by atoms with Gasteiger partial charge in [-0.15, -0.1) is 0 Å². The summed E-state index contributed by atoms with van der Waals surface area (Å²) in [5.41, 5.74) is 0.746. The third-order valence-corrected chi connectivity index (χ3v) is 5.64. The summed E-state index contributed by atoms with van der Waals surface area (Å²) in [4.78, 5) is 36.5. The predicted molar refractivity (Wildman–Crippen MR) is 113 cm³/mol. The molecule has 1 aliphatic heterocycles. The molecular formula is C21H24ClN5O3. The molecule has 30 heavy (non-hydrogen) atoms. The van der Waals surface area contributed by atoms with Gasteiger partial charge in [-0.1, -0.05) is 17.7 Å². The molecule has 4 rings (SSSR count). The van der Waals surface area contributed by atoms with Crippen LogP contribution in [-0.2, 0) is 4.79 Å². The third kappa shape index (κ3) is 4.99. The molecule has 2 heterocycles. The summed E-state index contributed by atoms with van der Waals surface area (Å²) in [5.74, 6) is -0.132. The topological polar surface area (TPSA) is 87.7 Å². The monoisotopic (exact) mass is 429 g/mol. The number of nitrogens with one attached hydrogen (secondary N) is 1. The summed E-state index contributed by atoms with van der Waals surface area (Å²) in [6, 6.07) is 9.23. The van der Waals surface area contributed by atoms with Crippen molar-refractivity contribution in [3.05, 3.63) is 47.7 Å². The molecule has 1 N–H and O–H groups in total. The Morgan fingerprint density at radius 3 is 2.63 bits per heavy atom. The Kier molecular flexibility index (Phi) is 6.32. The van der Waals surface area contributed by atoms with Gasteiger partial charge in [0.05, 0.1) is 0 Å². The van der Waals surface area contributed by atoms with E-state index >= 15 is 0 Å². The van der Waals surface area contributed by atoms with Crippen LogP contribution >= 0.6 is 11.6 Å². The molecule has 2 aliphatic rings. The largest absolute Gasteiger partial charge is 0.460 e. The van der Waals surface area contributed by atoms with E-state index in [1.165, 1.54) is 0 Å². The van der Waals surface area contributed by atoms with Gasteiger partial charge in [0.25, 0.3) is 0 Å². The number of nitrogens with zero attached hydrogens (tertiary/aromatic N) is 4. The van der Waals surface area contributed by atoms with E-state index in [4.69, 9.17) is 16.3 Å². The Morgan fingerprint density at radius 2 is 1.90 bits per heavy atom. The molecule has 9 heteroatoms. The lowest BCUT2D eigenvalue weighted by atomic mass is 9.93. The van der Waals surface area contributed by atoms with E-state index in [0.29, 0.717) is 24.1 Å². The number of carbonyl (C=O) groups excluding carboxylic acids is 2. The maximum absolute atomic E-state index is 12.7. The van der Waals surface area contributed by atoms with E-state index in [-0.39, 0.29) is 30.6 Å². The van der Waals surface area contributed by atoms with E-state index in [2.05, 4.69) is 15.3 Å². The SMILES string of the molecule is O=C(CN1CCN(c2cccc(Cl)c2)C1=O)NC1CCC(Oc2ncccn2)CC1. The summed E-state index contributed by atoms with van der Waals surface area (Å²) >= 11 is 6.02. The Balaban J connectivity index is 1.22. The van der Waals surface area contributed by atoms with Crippen molar-refractivity contribution in [3.63, 3.8) is 0 Å². The minimum Gasteiger partial charge on any atom is -0.460 e. The van der Waals surface area contributed by atoms with Crippen LogP contribution in [0.15, 0.2) is 42.7 Å². The number of carbonyl (C=O) groups is 2. The molecule has 8 nitrogen and oxygen atoms in total. The second kappa shape index (κ2) is 9.30. The van der Waals surface area contributed by atoms with Crippen LogP contribution in [-0.4, -0.2) is 58.6 Å². The van der Waals surface area contributed by atoms with Crippen molar-refractivity contribution in [3.8, 4) is 6.01 Å². The van der Waals surface area contributed by atoms with Gasteiger partial charge in [0, 0.05) is 42.2 Å². The van der Waals surface area contributed by atoms with Crippen LogP contribution in [0.25, 0.3) is 0 Å². The molecule has 2 fully saturated rings. The lowest BCUT2D eigenvalue weighted by Gasteiger charge is -2.29. The van der Waals surface area contributed by atoms with Crippen molar-refractivity contribution in [1.82, 2.24) is 20.2 Å². The summed E-state index contributed by atoms with van der Waals surface area (Å²) in [5, 5.41) is 3.63. The van der Waals surface area contributed by atoms with Crippen molar-refractivity contribution in [1.29, 1.82) is 0 Å². The van der Waals surface area contributed by atoms with Crippen molar-refractivity contribution in [2.75, 3.05) is 24.5 Å². The second-order valence-corrected chi connectivity index (χ2v) is 7.96. The minimum absolute atomic E-state index is 0.0597. The van der Waals surface area contributed by atoms with Crippen molar-refractivity contribution >= 4 is 29.2 Å². The fourth-order valence-corrected chi connectivity index (χ4v) is 4.06. The van der Waals surface area contributed by atoms with Gasteiger partial charge in [-0.05, 0) is 49.9 Å². The minimum atomic E-state index is -0.174. The number of ether oxygens (including phenoxy) is 1. The van der Waals surface area contributed by atoms with Crippen LogP contribution in [0.4, 0.5) is 10.5 Å². The normalized spacial score (nSPS) is 21.6. The first-order chi connectivity index (χ1) is 14.6. The van der Waals surface area contributed by atoms with Crippen LogP contribution < -0.4 is 15.0 Å². The van der Waals surface area contributed by atoms with Gasteiger partial charge in [-0.25, -0.2) is 14.8 Å². The number of hydrogen-bond acceptors (Lipinski definition) is 5. The van der Waals surface area contributed by atoms with Gasteiger partial charge >= 0.3 is 12.0 Å². The zero-order valence-electron chi connectivity index (χ0n) is 16.5. The maximum Gasteiger partial charge on any atom is 0.325 e. The highest BCUT2D eigenvalue weighted by Crippen LogP contribution is 2.24. The first-order valence-electron chi connectivity index (χ1n) is 10.1. The van der Waals surface area contributed by atoms with Gasteiger partial charge < -0.3 is 15.0 Å². The predicted octanol–water partition coefficient (Wildman–Crippen LogP) is 2.88. The van der Waals surface area contributed by atoms with Crippen molar-refractivity contribution in [2.24, 2.45) is 0 Å². The summed E-state index contributed by atoms with van der Waals surface area (Å²) < 4.78 is 5.79. The average molecular weight is 430 g/mol. The molecule has 1 aliphatic carbocycles. The van der Waals surface area contributed by atoms with Gasteiger partial charge in [0.15, 0.2) is 0 Å². The molecule has 0 unspecified atom stereocenters. The molecule has 1 saturated heterocycles. The first kappa shape index (κ1) is 20.4. The molecule has 1 aromatic carbocycles. The van der Waals surface area contributed by atoms with E-state index in [1.807, 2.05) is 12.1 Å². The number of rotatable bonds is 6. The number of amides is 3. The maximum atomic E-state index is 12.7. The molecule has 158 valence electrons. The average Bonchev–Trinajstić information content (AvgIpc) is 3.10. The number of urea groups is 1. The Morgan fingerprint density at radius 1 is 1.13 bits per heavy atom. The van der Waals surface area contributed by atoms with Gasteiger partial charge in [-0.2, -0.15) is 0 Å². The molecule has 0 bridgehead atoms. The fraction of sp³-hybridized carbons (Fsp3) is 0.429. The van der Waals surface area contributed by atoms with Crippen molar-refractivity contribution in [2.45, 2.75) is 37.8 Å². The Hall–Kier alpha value is -2.87. The van der Waals surface area contributed by atoms with Crippen LogP contribution in [0.5, 0.6) is 6.01 Å². The molecule has 0 radical (unpaired) electrons. The summed E-state index contributed by atoms with van der Waals surface area (Å²) in [6.45, 7) is 1.11. The molecule has 1 saturated carbocycles. The standard InChI is InChI=1S/C21H24ClN5O3/c22-15-3-1-4-17(13-15)27-12-11-26(21(27)29)14-19(28)25-16-5-7-18(8-6-16)30-20-23-9-2-10-24-20/h1-4,9-10,13,16,18H,5-8,11-12,14H2,(H,25,28). The molecule has 0 atom stereocenters. The number of hydrogen-bond donors (Lipinski definition) is 1. The summed E-state index contributed by atoms with van der Waals surface area (Å²) in [7, 11) is 0. The molecule has 2 aromatic rings.